The van der Waals surface area contributed by atoms with Crippen molar-refractivity contribution >= 4 is 23.5 Å². The molecule has 2 amide bonds. The molecular formula is C19H25F3N4OS. The normalized spacial score (nSPS) is 10.8. The Hall–Kier alpha value is -2.23. The Morgan fingerprint density at radius 2 is 1.71 bits per heavy atom. The quantitative estimate of drug-likeness (QED) is 0.322. The van der Waals surface area contributed by atoms with Crippen molar-refractivity contribution in [3.05, 3.63) is 59.2 Å². The molecule has 0 aromatic heterocycles. The van der Waals surface area contributed by atoms with Crippen molar-refractivity contribution in [1.29, 1.82) is 0 Å². The zero-order valence-corrected chi connectivity index (χ0v) is 17.1. The molecule has 0 aliphatic heterocycles. The van der Waals surface area contributed by atoms with Gasteiger partial charge < -0.3 is 0 Å². The fourth-order valence-corrected chi connectivity index (χ4v) is 3.44. The number of hydrogen-bond donors (Lipinski definition) is 2. The average molecular weight is 414 g/mol. The zero-order chi connectivity index (χ0) is 21.5. The van der Waals surface area contributed by atoms with Crippen molar-refractivity contribution in [2.24, 2.45) is 11.7 Å². The van der Waals surface area contributed by atoms with E-state index in [-0.39, 0.29) is 10.6 Å². The second kappa shape index (κ2) is 10.4. The van der Waals surface area contributed by atoms with Crippen LogP contribution in [0.15, 0.2) is 47.4 Å². The number of nitrogens with zero attached hydrogens (tertiary/aromatic N) is 2. The number of aryl methyl sites for hydroxylation is 1. The van der Waals surface area contributed by atoms with E-state index in [4.69, 9.17) is 11.7 Å². The lowest BCUT2D eigenvalue weighted by molar-refractivity contribution is -0.139. The minimum absolute atomic E-state index is 0.123. The highest BCUT2D eigenvalue weighted by Gasteiger charge is 2.33. The first-order chi connectivity index (χ1) is 13.1. The first-order valence-corrected chi connectivity index (χ1v) is 9.55. The first kappa shape index (κ1) is 23.8. The predicted octanol–water partition coefficient (Wildman–Crippen LogP) is 4.94. The van der Waals surface area contributed by atoms with Crippen LogP contribution in [0.25, 0.3) is 0 Å². The van der Waals surface area contributed by atoms with Gasteiger partial charge in [0.2, 0.25) is 0 Å². The van der Waals surface area contributed by atoms with Gasteiger partial charge in [-0.1, -0.05) is 38.1 Å². The van der Waals surface area contributed by atoms with Crippen molar-refractivity contribution in [2.75, 3.05) is 12.1 Å². The number of hydrogen-bond acceptors (Lipinski definition) is 4. The van der Waals surface area contributed by atoms with E-state index in [2.05, 4.69) is 0 Å². The number of alkyl halides is 3. The van der Waals surface area contributed by atoms with Crippen LogP contribution in [0.1, 0.15) is 30.5 Å². The monoisotopic (exact) mass is 414 g/mol. The number of para-hydroxylation sites is 1. The molecule has 2 aromatic carbocycles. The summed E-state index contributed by atoms with van der Waals surface area (Å²) in [7, 11) is 1.35. The van der Waals surface area contributed by atoms with E-state index >= 15 is 0 Å². The van der Waals surface area contributed by atoms with Crippen LogP contribution in [0.3, 0.4) is 0 Å². The van der Waals surface area contributed by atoms with Crippen molar-refractivity contribution in [3.8, 4) is 0 Å². The van der Waals surface area contributed by atoms with Gasteiger partial charge in [-0.2, -0.15) is 13.2 Å². The molecule has 0 radical (unpaired) electrons. The second-order valence-electron chi connectivity index (χ2n) is 5.68. The van der Waals surface area contributed by atoms with Crippen LogP contribution in [-0.2, 0) is 11.9 Å². The van der Waals surface area contributed by atoms with E-state index in [1.165, 1.54) is 19.2 Å². The van der Waals surface area contributed by atoms with Gasteiger partial charge in [-0.25, -0.2) is 21.5 Å². The van der Waals surface area contributed by atoms with E-state index in [1.54, 1.807) is 31.2 Å². The summed E-state index contributed by atoms with van der Waals surface area (Å²) in [6.07, 6.45) is -4.44. The van der Waals surface area contributed by atoms with Crippen molar-refractivity contribution in [3.63, 3.8) is 0 Å². The largest absolute Gasteiger partial charge is 0.417 e. The summed E-state index contributed by atoms with van der Waals surface area (Å²) < 4.78 is 39.6. The minimum atomic E-state index is -4.44. The average Bonchev–Trinajstić information content (AvgIpc) is 2.66. The van der Waals surface area contributed by atoms with E-state index < -0.39 is 17.8 Å². The van der Waals surface area contributed by atoms with Gasteiger partial charge in [-0.05, 0) is 36.2 Å². The fraction of sp³-hybridized carbons (Fsp3) is 0.316. The Morgan fingerprint density at radius 3 is 2.29 bits per heavy atom. The van der Waals surface area contributed by atoms with Gasteiger partial charge in [0.25, 0.3) is 0 Å². The van der Waals surface area contributed by atoms with Crippen LogP contribution in [0.5, 0.6) is 0 Å². The molecule has 0 unspecified atom stereocenters. The van der Waals surface area contributed by atoms with Crippen LogP contribution >= 0.6 is 11.8 Å². The van der Waals surface area contributed by atoms with Gasteiger partial charge in [0.05, 0.1) is 11.3 Å². The van der Waals surface area contributed by atoms with Gasteiger partial charge in [0.15, 0.2) is 0 Å². The summed E-state index contributed by atoms with van der Waals surface area (Å²) in [6.45, 7) is 5.73. The molecule has 0 bridgehead atoms. The summed E-state index contributed by atoms with van der Waals surface area (Å²) in [5.41, 5.74) is 1.04. The van der Waals surface area contributed by atoms with Crippen molar-refractivity contribution < 1.29 is 18.0 Å². The molecule has 28 heavy (non-hydrogen) atoms. The SMILES string of the molecule is CC.Cc1ccc(C(F)(F)F)c(SCc2ccccc2N(N)C(=O)N(C)N)c1. The Labute approximate surface area is 167 Å². The molecule has 9 heteroatoms. The Balaban J connectivity index is 0.00000190. The van der Waals surface area contributed by atoms with Crippen molar-refractivity contribution in [2.45, 2.75) is 37.6 Å². The van der Waals surface area contributed by atoms with Crippen LogP contribution < -0.4 is 16.7 Å². The second-order valence-corrected chi connectivity index (χ2v) is 6.70. The van der Waals surface area contributed by atoms with Crippen LogP contribution in [0.4, 0.5) is 23.7 Å². The molecule has 2 rings (SSSR count). The summed E-state index contributed by atoms with van der Waals surface area (Å²) in [5.74, 6) is 11.4. The fourth-order valence-electron chi connectivity index (χ4n) is 2.28. The maximum absolute atomic E-state index is 13.2. The third-order valence-corrected chi connectivity index (χ3v) is 4.69. The number of halogens is 3. The number of hydrazine groups is 2. The molecule has 0 heterocycles. The molecule has 0 aliphatic rings. The number of thioether (sulfide) groups is 1. The van der Waals surface area contributed by atoms with Crippen LogP contribution in [-0.4, -0.2) is 18.1 Å². The number of carbonyl (C=O) groups excluding carboxylic acids is 1. The number of urea groups is 1. The first-order valence-electron chi connectivity index (χ1n) is 8.57. The molecular weight excluding hydrogens is 389 g/mol. The highest BCUT2D eigenvalue weighted by Crippen LogP contribution is 2.39. The van der Waals surface area contributed by atoms with Crippen LogP contribution in [0.2, 0.25) is 0 Å². The molecule has 0 aliphatic carbocycles. The maximum atomic E-state index is 13.2. The van der Waals surface area contributed by atoms with E-state index in [1.807, 2.05) is 13.8 Å². The molecule has 2 aromatic rings. The minimum Gasteiger partial charge on any atom is -0.264 e. The summed E-state index contributed by atoms with van der Waals surface area (Å²) >= 11 is 1.03. The Morgan fingerprint density at radius 1 is 1.11 bits per heavy atom. The summed E-state index contributed by atoms with van der Waals surface area (Å²) in [5, 5.41) is 1.70. The number of rotatable bonds is 4. The molecule has 5 nitrogen and oxygen atoms in total. The van der Waals surface area contributed by atoms with E-state index in [9.17, 15) is 18.0 Å². The molecule has 0 spiro atoms. The molecule has 154 valence electrons. The highest BCUT2D eigenvalue weighted by atomic mass is 32.2. The van der Waals surface area contributed by atoms with Gasteiger partial charge >= 0.3 is 12.2 Å². The molecule has 0 saturated heterocycles. The Kier molecular flexibility index (Phi) is 8.80. The number of nitrogens with two attached hydrogens (primary N) is 2. The summed E-state index contributed by atoms with van der Waals surface area (Å²) in [6, 6.07) is 10.1. The Bertz CT molecular complexity index is 797. The third kappa shape index (κ3) is 6.15. The molecule has 0 atom stereocenters. The highest BCUT2D eigenvalue weighted by molar-refractivity contribution is 7.98. The lowest BCUT2D eigenvalue weighted by atomic mass is 10.1. The predicted molar refractivity (Wildman–Crippen MR) is 108 cm³/mol. The zero-order valence-electron chi connectivity index (χ0n) is 16.2. The molecule has 4 N–H and O–H groups in total. The van der Waals surface area contributed by atoms with Crippen LogP contribution in [0, 0.1) is 6.92 Å². The number of amides is 2. The van der Waals surface area contributed by atoms with Gasteiger partial charge in [-0.15, -0.1) is 11.8 Å². The van der Waals surface area contributed by atoms with E-state index in [0.717, 1.165) is 33.4 Å². The lowest BCUT2D eigenvalue weighted by Crippen LogP contribution is -2.48. The maximum Gasteiger partial charge on any atom is 0.417 e. The van der Waals surface area contributed by atoms with Crippen molar-refractivity contribution in [1.82, 2.24) is 5.01 Å². The van der Waals surface area contributed by atoms with Gasteiger partial charge in [0, 0.05) is 17.7 Å². The topological polar surface area (TPSA) is 75.6 Å². The summed E-state index contributed by atoms with van der Waals surface area (Å²) in [4.78, 5) is 12.1. The number of benzene rings is 2. The number of anilines is 1. The van der Waals surface area contributed by atoms with Gasteiger partial charge in [0.1, 0.15) is 0 Å². The van der Waals surface area contributed by atoms with E-state index in [0.29, 0.717) is 11.3 Å². The third-order valence-electron chi connectivity index (χ3n) is 3.58. The standard InChI is InChI=1S/C17H19F3N4OS.C2H6/c1-11-7-8-13(17(18,19)20)15(9-11)26-10-12-5-3-4-6-14(12)24(22)16(25)23(2)21;1-2/h3-9H,10,21-22H2,1-2H3;1-2H3. The van der Waals surface area contributed by atoms with Gasteiger partial charge in [-0.3, -0.25) is 5.01 Å². The molecule has 0 fully saturated rings. The lowest BCUT2D eigenvalue weighted by Gasteiger charge is -2.23. The molecule has 0 saturated carbocycles. The smallest absolute Gasteiger partial charge is 0.264 e. The number of carbonyl (C=O) groups is 1.